The Morgan fingerprint density at radius 2 is 2.17 bits per heavy atom. The van der Waals surface area contributed by atoms with Crippen molar-refractivity contribution in [2.45, 2.75) is 26.2 Å². The molecule has 1 aliphatic rings. The summed E-state index contributed by atoms with van der Waals surface area (Å²) >= 11 is 0. The first-order valence-electron chi connectivity index (χ1n) is 8.02. The van der Waals surface area contributed by atoms with Crippen molar-refractivity contribution in [2.24, 2.45) is 5.92 Å². The molecule has 24 heavy (non-hydrogen) atoms. The summed E-state index contributed by atoms with van der Waals surface area (Å²) in [7, 11) is 1.96. The zero-order chi connectivity index (χ0) is 16.4. The maximum Gasteiger partial charge on any atom is 0.262 e. The minimum absolute atomic E-state index is 0. The fourth-order valence-electron chi connectivity index (χ4n) is 3.24. The van der Waals surface area contributed by atoms with Gasteiger partial charge >= 0.3 is 0 Å². The fraction of sp³-hybridized carbons (Fsp3) is 0.562. The molecule has 0 atom stereocenters. The monoisotopic (exact) mass is 354 g/mol. The summed E-state index contributed by atoms with van der Waals surface area (Å²) in [5.74, 6) is 0.970. The van der Waals surface area contributed by atoms with Gasteiger partial charge in [0, 0.05) is 13.1 Å². The maximum atomic E-state index is 12.8. The number of fused-ring (bicyclic) bond motifs is 1. The van der Waals surface area contributed by atoms with Crippen molar-refractivity contribution < 1.29 is 9.21 Å². The number of aryl methyl sites for hydroxylation is 1. The molecule has 8 heteroatoms. The number of amides is 1. The smallest absolute Gasteiger partial charge is 0.262 e. The van der Waals surface area contributed by atoms with Gasteiger partial charge in [0.25, 0.3) is 11.5 Å². The number of likely N-dealkylation sites (tertiary alicyclic amines) is 1. The average molecular weight is 355 g/mol. The molecule has 0 bridgehead atoms. The minimum atomic E-state index is -0.334. The molecule has 3 rings (SSSR count). The van der Waals surface area contributed by atoms with Crippen LogP contribution in [0.3, 0.4) is 0 Å². The molecule has 1 saturated heterocycles. The summed E-state index contributed by atoms with van der Waals surface area (Å²) in [6.45, 7) is 4.15. The maximum absolute atomic E-state index is 12.8. The predicted octanol–water partition coefficient (Wildman–Crippen LogP) is 1.71. The molecule has 3 heterocycles. The van der Waals surface area contributed by atoms with Crippen LogP contribution in [-0.4, -0.2) is 47.5 Å². The number of rotatable bonds is 4. The van der Waals surface area contributed by atoms with Crippen molar-refractivity contribution in [1.29, 1.82) is 0 Å². The molecule has 1 amide bonds. The van der Waals surface area contributed by atoms with Gasteiger partial charge in [0.15, 0.2) is 0 Å². The van der Waals surface area contributed by atoms with Crippen molar-refractivity contribution in [3.8, 4) is 0 Å². The number of hydrogen-bond acceptors (Lipinski definition) is 5. The zero-order valence-corrected chi connectivity index (χ0v) is 14.7. The van der Waals surface area contributed by atoms with Gasteiger partial charge in [0.2, 0.25) is 5.71 Å². The Morgan fingerprint density at radius 1 is 1.46 bits per heavy atom. The highest BCUT2D eigenvalue weighted by molar-refractivity contribution is 6.06. The molecular weight excluding hydrogens is 332 g/mol. The number of nitrogens with zero attached hydrogens (tertiary/aromatic N) is 2. The Labute approximate surface area is 146 Å². The van der Waals surface area contributed by atoms with Crippen molar-refractivity contribution in [2.75, 3.05) is 26.7 Å². The van der Waals surface area contributed by atoms with Crippen LogP contribution in [0.1, 0.15) is 35.4 Å². The average Bonchev–Trinajstić information content (AvgIpc) is 2.90. The van der Waals surface area contributed by atoms with Crippen molar-refractivity contribution in [3.05, 3.63) is 28.0 Å². The number of piperidine rings is 1. The van der Waals surface area contributed by atoms with Crippen LogP contribution in [0, 0.1) is 12.8 Å². The van der Waals surface area contributed by atoms with Gasteiger partial charge in [-0.05, 0) is 45.7 Å². The number of H-pyrrole nitrogens is 1. The fourth-order valence-corrected chi connectivity index (χ4v) is 3.24. The van der Waals surface area contributed by atoms with Gasteiger partial charge in [-0.2, -0.15) is 0 Å². The molecule has 132 valence electrons. The zero-order valence-electron chi connectivity index (χ0n) is 13.9. The van der Waals surface area contributed by atoms with Crippen molar-refractivity contribution in [1.82, 2.24) is 20.2 Å². The highest BCUT2D eigenvalue weighted by Gasteiger charge is 2.28. The molecule has 0 saturated carbocycles. The lowest BCUT2D eigenvalue weighted by molar-refractivity contribution is 0.0687. The van der Waals surface area contributed by atoms with E-state index in [1.165, 1.54) is 6.33 Å². The topological polar surface area (TPSA) is 91.2 Å². The van der Waals surface area contributed by atoms with Gasteiger partial charge in [0.1, 0.15) is 11.1 Å². The van der Waals surface area contributed by atoms with Crippen molar-refractivity contribution >= 4 is 29.4 Å². The number of hydrogen-bond donors (Lipinski definition) is 2. The highest BCUT2D eigenvalue weighted by Crippen LogP contribution is 2.26. The Kier molecular flexibility index (Phi) is 6.01. The summed E-state index contributed by atoms with van der Waals surface area (Å²) in [6, 6.07) is 0. The Balaban J connectivity index is 0.00000208. The van der Waals surface area contributed by atoms with Crippen LogP contribution in [0.15, 0.2) is 15.5 Å². The van der Waals surface area contributed by atoms with Crippen LogP contribution < -0.4 is 10.9 Å². The van der Waals surface area contributed by atoms with E-state index in [1.807, 2.05) is 11.9 Å². The van der Waals surface area contributed by atoms with Crippen LogP contribution in [0.2, 0.25) is 0 Å². The molecule has 0 unspecified atom stereocenters. The van der Waals surface area contributed by atoms with E-state index >= 15 is 0 Å². The van der Waals surface area contributed by atoms with Crippen LogP contribution in [0.5, 0.6) is 0 Å². The lowest BCUT2D eigenvalue weighted by Gasteiger charge is -2.32. The number of carbonyl (C=O) groups is 1. The molecule has 2 N–H and O–H groups in total. The summed E-state index contributed by atoms with van der Waals surface area (Å²) in [5.41, 5.74) is 0.237. The molecule has 7 nitrogen and oxygen atoms in total. The lowest BCUT2D eigenvalue weighted by Crippen LogP contribution is -2.39. The van der Waals surface area contributed by atoms with Crippen LogP contribution in [0.4, 0.5) is 0 Å². The van der Waals surface area contributed by atoms with E-state index in [0.717, 1.165) is 38.9 Å². The van der Waals surface area contributed by atoms with E-state index in [4.69, 9.17) is 4.42 Å². The van der Waals surface area contributed by atoms with E-state index < -0.39 is 0 Å². The second-order valence-corrected chi connectivity index (χ2v) is 6.07. The molecule has 0 radical (unpaired) electrons. The normalized spacial score (nSPS) is 15.5. The minimum Gasteiger partial charge on any atom is -0.442 e. The Bertz CT molecular complexity index is 762. The summed E-state index contributed by atoms with van der Waals surface area (Å²) in [5, 5.41) is 3.42. The Hall–Kier alpha value is -1.86. The summed E-state index contributed by atoms with van der Waals surface area (Å²) in [6.07, 6.45) is 4.42. The standard InChI is InChI=1S/C16H22N4O3.ClH/c1-10-12(13-14(21)18-9-19-15(13)23-10)16(22)20-7-4-11(5-8-20)3-6-17-2;/h9,11,17H,3-8H2,1-2H3,(H,18,19,21);1H. The summed E-state index contributed by atoms with van der Waals surface area (Å²) in [4.78, 5) is 33.2. The van der Waals surface area contributed by atoms with Crippen LogP contribution in [-0.2, 0) is 0 Å². The van der Waals surface area contributed by atoms with Crippen LogP contribution in [0.25, 0.3) is 11.1 Å². The van der Waals surface area contributed by atoms with Crippen molar-refractivity contribution in [3.63, 3.8) is 0 Å². The first-order valence-corrected chi connectivity index (χ1v) is 8.02. The third-order valence-electron chi connectivity index (χ3n) is 4.59. The number of furan rings is 1. The third kappa shape index (κ3) is 3.47. The molecule has 1 aliphatic heterocycles. The first kappa shape index (κ1) is 18.5. The van der Waals surface area contributed by atoms with E-state index in [1.54, 1.807) is 6.92 Å². The van der Waals surface area contributed by atoms with Gasteiger partial charge in [-0.3, -0.25) is 9.59 Å². The molecule has 2 aromatic heterocycles. The van der Waals surface area contributed by atoms with E-state index in [2.05, 4.69) is 15.3 Å². The molecule has 2 aromatic rings. The van der Waals surface area contributed by atoms with Gasteiger partial charge in [-0.15, -0.1) is 12.4 Å². The first-order chi connectivity index (χ1) is 11.1. The van der Waals surface area contributed by atoms with E-state index in [-0.39, 0.29) is 35.0 Å². The largest absolute Gasteiger partial charge is 0.442 e. The molecule has 1 fully saturated rings. The number of aromatic nitrogens is 2. The highest BCUT2D eigenvalue weighted by atomic mass is 35.5. The number of carbonyl (C=O) groups excluding carboxylic acids is 1. The lowest BCUT2D eigenvalue weighted by atomic mass is 9.93. The number of halogens is 1. The summed E-state index contributed by atoms with van der Waals surface area (Å²) < 4.78 is 5.48. The van der Waals surface area contributed by atoms with Gasteiger partial charge in [-0.25, -0.2) is 4.98 Å². The van der Waals surface area contributed by atoms with E-state index in [9.17, 15) is 9.59 Å². The second-order valence-electron chi connectivity index (χ2n) is 6.07. The SMILES string of the molecule is CNCCC1CCN(C(=O)c2c(C)oc3nc[nH]c(=O)c23)CC1.Cl. The van der Waals surface area contributed by atoms with Gasteiger partial charge < -0.3 is 19.6 Å². The number of aromatic amines is 1. The van der Waals surface area contributed by atoms with Gasteiger partial charge in [-0.1, -0.05) is 0 Å². The third-order valence-corrected chi connectivity index (χ3v) is 4.59. The second kappa shape index (κ2) is 7.81. The Morgan fingerprint density at radius 3 is 2.83 bits per heavy atom. The molecule has 0 aliphatic carbocycles. The van der Waals surface area contributed by atoms with Crippen LogP contribution >= 0.6 is 12.4 Å². The molecule has 0 spiro atoms. The quantitative estimate of drug-likeness (QED) is 0.872. The number of nitrogens with one attached hydrogen (secondary N) is 2. The molecular formula is C16H23ClN4O3. The van der Waals surface area contributed by atoms with Gasteiger partial charge in [0.05, 0.1) is 11.9 Å². The van der Waals surface area contributed by atoms with E-state index in [0.29, 0.717) is 17.2 Å². The molecule has 0 aromatic carbocycles. The predicted molar refractivity (Wildman–Crippen MR) is 93.8 cm³/mol.